The third kappa shape index (κ3) is 2.89. The normalized spacial score (nSPS) is 10.3. The monoisotopic (exact) mass is 315 g/mol. The summed E-state index contributed by atoms with van der Waals surface area (Å²) in [5.74, 6) is -0.610. The Balaban J connectivity index is 2.47. The molecule has 0 N–H and O–H groups in total. The molecule has 1 heterocycles. The Kier molecular flexibility index (Phi) is 3.54. The highest BCUT2D eigenvalue weighted by Crippen LogP contribution is 2.38. The van der Waals surface area contributed by atoms with Gasteiger partial charge in [0, 0.05) is 12.5 Å². The van der Waals surface area contributed by atoms with Crippen molar-refractivity contribution in [2.24, 2.45) is 0 Å². The second-order valence-corrected chi connectivity index (χ2v) is 5.48. The van der Waals surface area contributed by atoms with Gasteiger partial charge in [-0.1, -0.05) is 12.1 Å². The van der Waals surface area contributed by atoms with Crippen LogP contribution in [0.1, 0.15) is 6.92 Å². The molecule has 0 saturated heterocycles. The lowest BCUT2D eigenvalue weighted by Gasteiger charge is -2.01. The van der Waals surface area contributed by atoms with E-state index >= 15 is 0 Å². The van der Waals surface area contributed by atoms with E-state index in [2.05, 4.69) is 20.9 Å². The highest BCUT2D eigenvalue weighted by molar-refractivity contribution is 9.11. The molecular weight excluding hydrogens is 309 g/mol. The molecule has 1 aromatic heterocycles. The highest BCUT2D eigenvalue weighted by atomic mass is 79.9. The molecule has 88 valence electrons. The van der Waals surface area contributed by atoms with Gasteiger partial charge in [0.25, 0.3) is 0 Å². The fourth-order valence-electron chi connectivity index (χ4n) is 1.30. The fraction of sp³-hybridized carbons (Fsp3) is 0.0909. The van der Waals surface area contributed by atoms with Crippen molar-refractivity contribution in [1.29, 1.82) is 0 Å². The van der Waals surface area contributed by atoms with Gasteiger partial charge < -0.3 is 4.74 Å². The van der Waals surface area contributed by atoms with Crippen LogP contribution in [-0.4, -0.2) is 11.0 Å². The van der Waals surface area contributed by atoms with Crippen molar-refractivity contribution in [2.45, 2.75) is 6.92 Å². The minimum absolute atomic E-state index is 0.194. The van der Waals surface area contributed by atoms with Crippen LogP contribution < -0.4 is 4.74 Å². The van der Waals surface area contributed by atoms with Crippen molar-refractivity contribution >= 4 is 33.2 Å². The third-order valence-corrected chi connectivity index (χ3v) is 3.43. The van der Waals surface area contributed by atoms with Gasteiger partial charge in [-0.05, 0) is 28.1 Å². The summed E-state index contributed by atoms with van der Waals surface area (Å²) >= 11 is 4.49. The summed E-state index contributed by atoms with van der Waals surface area (Å²) in [5, 5.41) is 0. The van der Waals surface area contributed by atoms with Crippen molar-refractivity contribution in [3.8, 4) is 16.3 Å². The molecule has 6 heteroatoms. The van der Waals surface area contributed by atoms with E-state index in [1.54, 1.807) is 12.1 Å². The molecular formula is C11H7BrFNO2S. The number of hydrogen-bond acceptors (Lipinski definition) is 4. The van der Waals surface area contributed by atoms with Crippen molar-refractivity contribution in [3.05, 3.63) is 34.0 Å². The zero-order valence-corrected chi connectivity index (χ0v) is 11.1. The molecule has 0 saturated carbocycles. The Morgan fingerprint density at radius 2 is 2.29 bits per heavy atom. The maximum atomic E-state index is 13.1. The Morgan fingerprint density at radius 1 is 1.53 bits per heavy atom. The van der Waals surface area contributed by atoms with Crippen LogP contribution in [0.3, 0.4) is 0 Å². The van der Waals surface area contributed by atoms with Crippen LogP contribution in [-0.2, 0) is 4.79 Å². The van der Waals surface area contributed by atoms with Gasteiger partial charge in [0.2, 0.25) is 5.88 Å². The SMILES string of the molecule is CC(=O)Oc1nc(Br)sc1-c1cccc(F)c1. The van der Waals surface area contributed by atoms with Gasteiger partial charge in [0.05, 0.1) is 4.88 Å². The van der Waals surface area contributed by atoms with Gasteiger partial charge in [-0.2, -0.15) is 4.98 Å². The first kappa shape index (κ1) is 12.2. The molecule has 2 rings (SSSR count). The molecule has 0 amide bonds. The van der Waals surface area contributed by atoms with E-state index in [4.69, 9.17) is 4.74 Å². The number of esters is 1. The van der Waals surface area contributed by atoms with Crippen LogP contribution >= 0.6 is 27.3 Å². The third-order valence-electron chi connectivity index (χ3n) is 1.90. The minimum Gasteiger partial charge on any atom is -0.406 e. The summed E-state index contributed by atoms with van der Waals surface area (Å²) in [4.78, 5) is 15.6. The molecule has 0 atom stereocenters. The molecule has 0 aliphatic rings. The van der Waals surface area contributed by atoms with Gasteiger partial charge in [-0.3, -0.25) is 4.79 Å². The zero-order valence-electron chi connectivity index (χ0n) is 8.74. The first-order valence-electron chi connectivity index (χ1n) is 4.67. The van der Waals surface area contributed by atoms with Gasteiger partial charge in [-0.25, -0.2) is 4.39 Å². The second-order valence-electron chi connectivity index (χ2n) is 3.21. The number of hydrogen-bond donors (Lipinski definition) is 0. The van der Waals surface area contributed by atoms with Crippen LogP contribution in [0.15, 0.2) is 28.2 Å². The summed E-state index contributed by atoms with van der Waals surface area (Å²) in [6, 6.07) is 6.05. The topological polar surface area (TPSA) is 39.2 Å². The molecule has 1 aromatic carbocycles. The number of aromatic nitrogens is 1. The van der Waals surface area contributed by atoms with Crippen molar-refractivity contribution in [2.75, 3.05) is 0 Å². The molecule has 0 fully saturated rings. The summed E-state index contributed by atoms with van der Waals surface area (Å²) < 4.78 is 18.7. The predicted molar refractivity (Wildman–Crippen MR) is 66.5 cm³/mol. The number of benzene rings is 1. The molecule has 0 bridgehead atoms. The van der Waals surface area contributed by atoms with Gasteiger partial charge in [0.15, 0.2) is 3.92 Å². The zero-order chi connectivity index (χ0) is 12.4. The largest absolute Gasteiger partial charge is 0.406 e. The molecule has 0 radical (unpaired) electrons. The smallest absolute Gasteiger partial charge is 0.309 e. The Bertz CT molecular complexity index is 570. The maximum Gasteiger partial charge on any atom is 0.309 e. The Labute approximate surface area is 109 Å². The molecule has 0 aliphatic heterocycles. The molecule has 0 aliphatic carbocycles. The van der Waals surface area contributed by atoms with E-state index in [0.717, 1.165) is 0 Å². The molecule has 3 nitrogen and oxygen atoms in total. The van der Waals surface area contributed by atoms with E-state index in [1.807, 2.05) is 0 Å². The number of carbonyl (C=O) groups excluding carboxylic acids is 1. The highest BCUT2D eigenvalue weighted by Gasteiger charge is 2.15. The van der Waals surface area contributed by atoms with Gasteiger partial charge >= 0.3 is 5.97 Å². The number of halogens is 2. The first-order chi connectivity index (χ1) is 8.06. The average Bonchev–Trinajstić information content (AvgIpc) is 2.58. The molecule has 0 unspecified atom stereocenters. The maximum absolute atomic E-state index is 13.1. The Hall–Kier alpha value is -1.27. The lowest BCUT2D eigenvalue weighted by molar-refractivity contribution is -0.132. The minimum atomic E-state index is -0.458. The van der Waals surface area contributed by atoms with Crippen molar-refractivity contribution in [3.63, 3.8) is 0 Å². The second kappa shape index (κ2) is 4.93. The number of thiazole rings is 1. The van der Waals surface area contributed by atoms with E-state index in [1.165, 1.54) is 30.4 Å². The first-order valence-corrected chi connectivity index (χ1v) is 6.28. The standard InChI is InChI=1S/C11H7BrFNO2S/c1-6(15)16-10-9(17-11(12)14-10)7-3-2-4-8(13)5-7/h2-5H,1H3. The number of carbonyl (C=O) groups is 1. The Morgan fingerprint density at radius 3 is 2.94 bits per heavy atom. The molecule has 0 spiro atoms. The lowest BCUT2D eigenvalue weighted by atomic mass is 10.2. The van der Waals surface area contributed by atoms with Gasteiger partial charge in [-0.15, -0.1) is 11.3 Å². The van der Waals surface area contributed by atoms with E-state index < -0.39 is 5.97 Å². The number of rotatable bonds is 2. The summed E-state index contributed by atoms with van der Waals surface area (Å²) in [6.07, 6.45) is 0. The summed E-state index contributed by atoms with van der Waals surface area (Å²) in [7, 11) is 0. The van der Waals surface area contributed by atoms with Gasteiger partial charge in [0.1, 0.15) is 5.82 Å². The predicted octanol–water partition coefficient (Wildman–Crippen LogP) is 3.64. The quantitative estimate of drug-likeness (QED) is 0.794. The molecule has 17 heavy (non-hydrogen) atoms. The summed E-state index contributed by atoms with van der Waals surface area (Å²) in [6.45, 7) is 1.29. The van der Waals surface area contributed by atoms with Crippen LogP contribution in [0, 0.1) is 5.82 Å². The number of nitrogens with zero attached hydrogens (tertiary/aromatic N) is 1. The molecule has 2 aromatic rings. The van der Waals surface area contributed by atoms with Crippen molar-refractivity contribution in [1.82, 2.24) is 4.98 Å². The average molecular weight is 316 g/mol. The lowest BCUT2D eigenvalue weighted by Crippen LogP contribution is -2.02. The van der Waals surface area contributed by atoms with Crippen molar-refractivity contribution < 1.29 is 13.9 Å². The number of ether oxygens (including phenoxy) is 1. The summed E-state index contributed by atoms with van der Waals surface area (Å²) in [5.41, 5.74) is 0.629. The van der Waals surface area contributed by atoms with E-state index in [-0.39, 0.29) is 11.7 Å². The van der Waals surface area contributed by atoms with Crippen LogP contribution in [0.5, 0.6) is 5.88 Å². The van der Waals surface area contributed by atoms with Crippen LogP contribution in [0.25, 0.3) is 10.4 Å². The van der Waals surface area contributed by atoms with Crippen LogP contribution in [0.2, 0.25) is 0 Å². The van der Waals surface area contributed by atoms with Crippen LogP contribution in [0.4, 0.5) is 4.39 Å². The van der Waals surface area contributed by atoms with E-state index in [0.29, 0.717) is 14.4 Å². The fourth-order valence-corrected chi connectivity index (χ4v) is 2.66. The van der Waals surface area contributed by atoms with E-state index in [9.17, 15) is 9.18 Å².